The first-order chi connectivity index (χ1) is 9.85. The van der Waals surface area contributed by atoms with Gasteiger partial charge in [0.05, 0.1) is 5.56 Å². The largest absolute Gasteiger partial charge is 0.478 e. The number of hydrogen-bond donors (Lipinski definition) is 2. The third-order valence-corrected chi connectivity index (χ3v) is 3.62. The number of halogens is 2. The Hall–Kier alpha value is -1.66. The summed E-state index contributed by atoms with van der Waals surface area (Å²) in [7, 11) is 0. The topological polar surface area (TPSA) is 66.4 Å². The summed E-state index contributed by atoms with van der Waals surface area (Å²) < 4.78 is 1.40. The highest BCUT2D eigenvalue weighted by Crippen LogP contribution is 2.21. The van der Waals surface area contributed by atoms with E-state index in [0.29, 0.717) is 15.7 Å². The Morgan fingerprint density at radius 2 is 1.57 bits per heavy atom. The number of rotatable bonds is 3. The summed E-state index contributed by atoms with van der Waals surface area (Å²) in [6.07, 6.45) is 0. The quantitative estimate of drug-likeness (QED) is 0.781. The van der Waals surface area contributed by atoms with Crippen molar-refractivity contribution in [3.63, 3.8) is 0 Å². The van der Waals surface area contributed by atoms with Gasteiger partial charge in [-0.3, -0.25) is 4.79 Å². The first-order valence-electron chi connectivity index (χ1n) is 5.97. The molecule has 1 amide bonds. The molecular formula is C15H11Br2NO3. The number of hydrogen-bond acceptors (Lipinski definition) is 2. The maximum Gasteiger partial charge on any atom is 0.335 e. The zero-order valence-electron chi connectivity index (χ0n) is 11.0. The summed E-state index contributed by atoms with van der Waals surface area (Å²) in [4.78, 5) is 23.2. The third kappa shape index (κ3) is 4.15. The summed E-state index contributed by atoms with van der Waals surface area (Å²) in [5, 5.41) is 11.7. The lowest BCUT2D eigenvalue weighted by Crippen LogP contribution is -2.12. The van der Waals surface area contributed by atoms with Gasteiger partial charge in [-0.05, 0) is 48.9 Å². The van der Waals surface area contributed by atoms with Crippen molar-refractivity contribution in [3.05, 3.63) is 62.0 Å². The van der Waals surface area contributed by atoms with Gasteiger partial charge in [0.2, 0.25) is 0 Å². The smallest absolute Gasteiger partial charge is 0.335 e. The lowest BCUT2D eigenvalue weighted by molar-refractivity contribution is 0.0696. The standard InChI is InChI=1S/C15H11Br2NO3/c1-8-2-9(4-11(16)3-8)14(19)18-13-6-10(15(20)21)5-12(17)7-13/h2-7H,1H3,(H,18,19)(H,20,21). The maximum absolute atomic E-state index is 12.2. The Labute approximate surface area is 138 Å². The maximum atomic E-state index is 12.2. The van der Waals surface area contributed by atoms with Crippen molar-refractivity contribution in [2.24, 2.45) is 0 Å². The van der Waals surface area contributed by atoms with Crippen molar-refractivity contribution in [1.82, 2.24) is 0 Å². The van der Waals surface area contributed by atoms with Crippen LogP contribution >= 0.6 is 31.9 Å². The van der Waals surface area contributed by atoms with Gasteiger partial charge in [-0.15, -0.1) is 0 Å². The van der Waals surface area contributed by atoms with Crippen LogP contribution in [-0.4, -0.2) is 17.0 Å². The number of carboxylic acids is 1. The molecule has 0 aliphatic rings. The van der Waals surface area contributed by atoms with Gasteiger partial charge in [0.25, 0.3) is 5.91 Å². The summed E-state index contributed by atoms with van der Waals surface area (Å²) >= 11 is 6.57. The molecule has 2 rings (SSSR count). The fraction of sp³-hybridized carbons (Fsp3) is 0.0667. The minimum atomic E-state index is -1.05. The van der Waals surface area contributed by atoms with E-state index in [2.05, 4.69) is 37.2 Å². The number of carbonyl (C=O) groups excluding carboxylic acids is 1. The molecule has 0 bridgehead atoms. The molecule has 0 aliphatic carbocycles. The number of aromatic carboxylic acids is 1. The van der Waals surface area contributed by atoms with Gasteiger partial charge in [-0.1, -0.05) is 31.9 Å². The van der Waals surface area contributed by atoms with Crippen LogP contribution in [0.2, 0.25) is 0 Å². The zero-order valence-corrected chi connectivity index (χ0v) is 14.2. The molecule has 2 N–H and O–H groups in total. The van der Waals surface area contributed by atoms with Crippen molar-refractivity contribution in [3.8, 4) is 0 Å². The third-order valence-electron chi connectivity index (χ3n) is 2.71. The van der Waals surface area contributed by atoms with Crippen LogP contribution in [0, 0.1) is 6.92 Å². The molecule has 0 spiro atoms. The fourth-order valence-corrected chi connectivity index (χ4v) is 2.96. The predicted molar refractivity (Wildman–Crippen MR) is 87.9 cm³/mol. The SMILES string of the molecule is Cc1cc(Br)cc(C(=O)Nc2cc(Br)cc(C(=O)O)c2)c1. The molecule has 108 valence electrons. The van der Waals surface area contributed by atoms with Crippen LogP contribution in [0.25, 0.3) is 0 Å². The lowest BCUT2D eigenvalue weighted by Gasteiger charge is -2.08. The van der Waals surface area contributed by atoms with E-state index in [9.17, 15) is 9.59 Å². The first-order valence-corrected chi connectivity index (χ1v) is 7.56. The number of aryl methyl sites for hydroxylation is 1. The van der Waals surface area contributed by atoms with Crippen molar-refractivity contribution in [2.45, 2.75) is 6.92 Å². The number of carboxylic acid groups (broad SMARTS) is 1. The van der Waals surface area contributed by atoms with E-state index in [0.717, 1.165) is 10.0 Å². The van der Waals surface area contributed by atoms with Gasteiger partial charge in [0.15, 0.2) is 0 Å². The molecule has 0 saturated carbocycles. The molecule has 0 saturated heterocycles. The van der Waals surface area contributed by atoms with E-state index in [4.69, 9.17) is 5.11 Å². The molecule has 0 fully saturated rings. The number of amides is 1. The van der Waals surface area contributed by atoms with Gasteiger partial charge >= 0.3 is 5.97 Å². The van der Waals surface area contributed by atoms with Crippen LogP contribution in [0.15, 0.2) is 45.3 Å². The highest BCUT2D eigenvalue weighted by atomic mass is 79.9. The highest BCUT2D eigenvalue weighted by Gasteiger charge is 2.11. The molecule has 21 heavy (non-hydrogen) atoms. The first kappa shape index (κ1) is 15.7. The van der Waals surface area contributed by atoms with E-state index in [1.54, 1.807) is 18.2 Å². The molecule has 2 aromatic carbocycles. The average Bonchev–Trinajstić information content (AvgIpc) is 2.36. The van der Waals surface area contributed by atoms with Gasteiger partial charge in [0, 0.05) is 20.2 Å². The van der Waals surface area contributed by atoms with Crippen LogP contribution in [0.1, 0.15) is 26.3 Å². The number of anilines is 1. The summed E-state index contributed by atoms with van der Waals surface area (Å²) in [6.45, 7) is 1.89. The van der Waals surface area contributed by atoms with Gasteiger partial charge in [0.1, 0.15) is 0 Å². The van der Waals surface area contributed by atoms with Gasteiger partial charge < -0.3 is 10.4 Å². The van der Waals surface area contributed by atoms with E-state index >= 15 is 0 Å². The van der Waals surface area contributed by atoms with Crippen LogP contribution in [0.5, 0.6) is 0 Å². The van der Waals surface area contributed by atoms with Crippen molar-refractivity contribution >= 4 is 49.4 Å². The van der Waals surface area contributed by atoms with Crippen molar-refractivity contribution in [1.29, 1.82) is 0 Å². The van der Waals surface area contributed by atoms with Crippen molar-refractivity contribution < 1.29 is 14.7 Å². The summed E-state index contributed by atoms with van der Waals surface area (Å²) in [6, 6.07) is 9.90. The second-order valence-electron chi connectivity index (χ2n) is 4.51. The molecule has 0 unspecified atom stereocenters. The molecule has 6 heteroatoms. The van der Waals surface area contributed by atoms with Crippen LogP contribution in [0.3, 0.4) is 0 Å². The Balaban J connectivity index is 2.29. The zero-order chi connectivity index (χ0) is 15.6. The Bertz CT molecular complexity index is 709. The number of benzene rings is 2. The number of carbonyl (C=O) groups is 2. The van der Waals surface area contributed by atoms with Crippen LogP contribution < -0.4 is 5.32 Å². The fourth-order valence-electron chi connectivity index (χ4n) is 1.86. The highest BCUT2D eigenvalue weighted by molar-refractivity contribution is 9.10. The second-order valence-corrected chi connectivity index (χ2v) is 6.34. The molecular weight excluding hydrogens is 402 g/mol. The molecule has 4 nitrogen and oxygen atoms in total. The molecule has 0 heterocycles. The Morgan fingerprint density at radius 3 is 2.19 bits per heavy atom. The minimum absolute atomic E-state index is 0.102. The van der Waals surface area contributed by atoms with E-state index in [-0.39, 0.29) is 11.5 Å². The van der Waals surface area contributed by atoms with Gasteiger partial charge in [-0.25, -0.2) is 4.79 Å². The van der Waals surface area contributed by atoms with Crippen molar-refractivity contribution in [2.75, 3.05) is 5.32 Å². The lowest BCUT2D eigenvalue weighted by atomic mass is 10.1. The second kappa shape index (κ2) is 6.41. The molecule has 0 atom stereocenters. The predicted octanol–water partition coefficient (Wildman–Crippen LogP) is 4.47. The minimum Gasteiger partial charge on any atom is -0.478 e. The van der Waals surface area contributed by atoms with E-state index in [1.807, 2.05) is 13.0 Å². The molecule has 0 radical (unpaired) electrons. The van der Waals surface area contributed by atoms with E-state index < -0.39 is 5.97 Å². The van der Waals surface area contributed by atoms with Gasteiger partial charge in [-0.2, -0.15) is 0 Å². The molecule has 0 aliphatic heterocycles. The average molecular weight is 413 g/mol. The molecule has 2 aromatic rings. The number of nitrogens with one attached hydrogen (secondary N) is 1. The van der Waals surface area contributed by atoms with E-state index in [1.165, 1.54) is 12.1 Å². The van der Waals surface area contributed by atoms with Crippen LogP contribution in [-0.2, 0) is 0 Å². The summed E-state index contributed by atoms with van der Waals surface area (Å²) in [5.74, 6) is -1.35. The molecule has 0 aromatic heterocycles. The summed E-state index contributed by atoms with van der Waals surface area (Å²) in [5.41, 5.74) is 1.98. The monoisotopic (exact) mass is 411 g/mol. The normalized spacial score (nSPS) is 10.2. The Kier molecular flexibility index (Phi) is 4.80. The van der Waals surface area contributed by atoms with Crippen LogP contribution in [0.4, 0.5) is 5.69 Å². The Morgan fingerprint density at radius 1 is 0.952 bits per heavy atom.